The van der Waals surface area contributed by atoms with E-state index in [0.717, 1.165) is 36.3 Å². The van der Waals surface area contributed by atoms with Gasteiger partial charge in [-0.2, -0.15) is 0 Å². The minimum atomic E-state index is 0.0952. The lowest BCUT2D eigenvalue weighted by atomic mass is 9.89. The van der Waals surface area contributed by atoms with Crippen molar-refractivity contribution in [3.05, 3.63) is 23.9 Å². The van der Waals surface area contributed by atoms with Crippen LogP contribution in [0.3, 0.4) is 0 Å². The first-order valence-corrected chi connectivity index (χ1v) is 7.01. The van der Waals surface area contributed by atoms with Gasteiger partial charge < -0.3 is 10.0 Å². The van der Waals surface area contributed by atoms with Gasteiger partial charge in [0.05, 0.1) is 6.61 Å². The van der Waals surface area contributed by atoms with Gasteiger partial charge in [0.1, 0.15) is 5.82 Å². The van der Waals surface area contributed by atoms with Crippen LogP contribution in [0.25, 0.3) is 0 Å². The molecule has 2 rings (SSSR count). The van der Waals surface area contributed by atoms with Crippen LogP contribution in [0.15, 0.2) is 18.3 Å². The highest BCUT2D eigenvalue weighted by Gasteiger charge is 2.20. The van der Waals surface area contributed by atoms with Crippen molar-refractivity contribution in [3.63, 3.8) is 0 Å². The van der Waals surface area contributed by atoms with Crippen LogP contribution < -0.4 is 4.90 Å². The van der Waals surface area contributed by atoms with Gasteiger partial charge >= 0.3 is 0 Å². The van der Waals surface area contributed by atoms with E-state index < -0.39 is 0 Å². The Bertz CT molecular complexity index is 379. The van der Waals surface area contributed by atoms with Gasteiger partial charge in [-0.3, -0.25) is 0 Å². The first kappa shape index (κ1) is 13.3. The molecule has 1 saturated heterocycles. The van der Waals surface area contributed by atoms with E-state index in [1.165, 1.54) is 19.3 Å². The molecule has 0 bridgehead atoms. The van der Waals surface area contributed by atoms with Crippen LogP contribution in [-0.2, 0) is 6.61 Å². The number of hydrogen-bond acceptors (Lipinski definition) is 3. The second-order valence-corrected chi connectivity index (χ2v) is 5.60. The Labute approximate surface area is 110 Å². The van der Waals surface area contributed by atoms with Gasteiger partial charge in [0.25, 0.3) is 0 Å². The van der Waals surface area contributed by atoms with Crippen molar-refractivity contribution in [1.29, 1.82) is 0 Å². The van der Waals surface area contributed by atoms with Crippen molar-refractivity contribution in [2.75, 3.05) is 18.0 Å². The number of aliphatic hydroxyl groups excluding tert-OH is 1. The molecule has 1 N–H and O–H groups in total. The fourth-order valence-corrected chi connectivity index (χ4v) is 2.75. The number of aliphatic hydroxyl groups is 1. The van der Waals surface area contributed by atoms with Gasteiger partial charge in [-0.1, -0.05) is 13.8 Å². The number of hydrogen-bond donors (Lipinski definition) is 1. The monoisotopic (exact) mass is 248 g/mol. The van der Waals surface area contributed by atoms with Gasteiger partial charge in [-0.15, -0.1) is 0 Å². The average molecular weight is 248 g/mol. The van der Waals surface area contributed by atoms with Crippen molar-refractivity contribution in [3.8, 4) is 0 Å². The molecular formula is C15H24N2O. The van der Waals surface area contributed by atoms with Gasteiger partial charge in [-0.05, 0) is 48.8 Å². The van der Waals surface area contributed by atoms with E-state index in [4.69, 9.17) is 0 Å². The molecule has 0 spiro atoms. The predicted octanol–water partition coefficient (Wildman–Crippen LogP) is 2.84. The van der Waals surface area contributed by atoms with E-state index in [-0.39, 0.29) is 6.61 Å². The number of rotatable bonds is 3. The first-order valence-electron chi connectivity index (χ1n) is 7.01. The number of pyridine rings is 1. The Kier molecular flexibility index (Phi) is 4.59. The third-order valence-electron chi connectivity index (χ3n) is 4.03. The second-order valence-electron chi connectivity index (χ2n) is 5.60. The third-order valence-corrected chi connectivity index (χ3v) is 4.03. The van der Waals surface area contributed by atoms with E-state index in [2.05, 4.69) is 23.7 Å². The molecule has 0 aliphatic carbocycles. The van der Waals surface area contributed by atoms with Crippen LogP contribution in [0.4, 0.5) is 5.82 Å². The van der Waals surface area contributed by atoms with Crippen LogP contribution in [0.2, 0.25) is 0 Å². The fraction of sp³-hybridized carbons (Fsp3) is 0.667. The molecule has 1 aliphatic rings. The molecule has 0 saturated carbocycles. The van der Waals surface area contributed by atoms with Crippen LogP contribution in [0.1, 0.15) is 38.7 Å². The number of nitrogens with zero attached hydrogens (tertiary/aromatic N) is 2. The smallest absolute Gasteiger partial charge is 0.128 e. The highest BCUT2D eigenvalue weighted by Crippen LogP contribution is 2.26. The average Bonchev–Trinajstić information content (AvgIpc) is 2.64. The van der Waals surface area contributed by atoms with Crippen molar-refractivity contribution in [2.45, 2.75) is 39.7 Å². The molecular weight excluding hydrogens is 224 g/mol. The van der Waals surface area contributed by atoms with Crippen LogP contribution >= 0.6 is 0 Å². The molecule has 18 heavy (non-hydrogen) atoms. The Morgan fingerprint density at radius 1 is 1.39 bits per heavy atom. The molecule has 1 aromatic heterocycles. The largest absolute Gasteiger partial charge is 0.392 e. The third kappa shape index (κ3) is 3.22. The van der Waals surface area contributed by atoms with E-state index in [9.17, 15) is 5.11 Å². The zero-order valence-corrected chi connectivity index (χ0v) is 11.5. The molecule has 3 nitrogen and oxygen atoms in total. The fourth-order valence-electron chi connectivity index (χ4n) is 2.75. The van der Waals surface area contributed by atoms with Crippen molar-refractivity contribution in [1.82, 2.24) is 4.98 Å². The van der Waals surface area contributed by atoms with Crippen LogP contribution in [0.5, 0.6) is 0 Å². The van der Waals surface area contributed by atoms with E-state index in [1.807, 2.05) is 12.1 Å². The topological polar surface area (TPSA) is 36.4 Å². The van der Waals surface area contributed by atoms with E-state index >= 15 is 0 Å². The first-order chi connectivity index (χ1) is 8.70. The highest BCUT2D eigenvalue weighted by molar-refractivity contribution is 5.40. The van der Waals surface area contributed by atoms with Crippen LogP contribution in [-0.4, -0.2) is 23.2 Å². The molecule has 3 heteroatoms. The molecule has 0 radical (unpaired) electrons. The van der Waals surface area contributed by atoms with Crippen molar-refractivity contribution >= 4 is 5.82 Å². The summed E-state index contributed by atoms with van der Waals surface area (Å²) in [5, 5.41) is 9.18. The molecule has 2 heterocycles. The van der Waals surface area contributed by atoms with Crippen LogP contribution in [0, 0.1) is 11.8 Å². The van der Waals surface area contributed by atoms with Crippen molar-refractivity contribution < 1.29 is 5.11 Å². The molecule has 1 aromatic rings. The summed E-state index contributed by atoms with van der Waals surface area (Å²) in [6, 6.07) is 3.88. The molecule has 0 aromatic carbocycles. The minimum Gasteiger partial charge on any atom is -0.392 e. The predicted molar refractivity (Wildman–Crippen MR) is 74.6 cm³/mol. The summed E-state index contributed by atoms with van der Waals surface area (Å²) in [5.41, 5.74) is 0.949. The summed E-state index contributed by atoms with van der Waals surface area (Å²) in [6.07, 6.45) is 5.62. The maximum absolute atomic E-state index is 9.18. The summed E-state index contributed by atoms with van der Waals surface area (Å²) in [6.45, 7) is 6.92. The summed E-state index contributed by atoms with van der Waals surface area (Å²) in [4.78, 5) is 6.80. The molecule has 1 fully saturated rings. The van der Waals surface area contributed by atoms with Gasteiger partial charge in [0, 0.05) is 19.3 Å². The standard InChI is InChI=1S/C15H24N2O/c1-12(2)14-4-3-8-17(9-6-14)15-10-13(11-18)5-7-16-15/h5,7,10,12,14,18H,3-4,6,8-9,11H2,1-2H3. The Morgan fingerprint density at radius 3 is 2.94 bits per heavy atom. The van der Waals surface area contributed by atoms with Crippen molar-refractivity contribution in [2.24, 2.45) is 11.8 Å². The lowest BCUT2D eigenvalue weighted by Gasteiger charge is -2.22. The molecule has 1 atom stereocenters. The maximum Gasteiger partial charge on any atom is 0.128 e. The van der Waals surface area contributed by atoms with Gasteiger partial charge in [0.15, 0.2) is 0 Å². The zero-order chi connectivity index (χ0) is 13.0. The maximum atomic E-state index is 9.18. The molecule has 1 aliphatic heterocycles. The SMILES string of the molecule is CC(C)C1CCCN(c2cc(CO)ccn2)CC1. The van der Waals surface area contributed by atoms with E-state index in [0.29, 0.717) is 0 Å². The second kappa shape index (κ2) is 6.19. The van der Waals surface area contributed by atoms with Gasteiger partial charge in [0.2, 0.25) is 0 Å². The number of aromatic nitrogens is 1. The molecule has 100 valence electrons. The lowest BCUT2D eigenvalue weighted by molar-refractivity contribution is 0.281. The summed E-state index contributed by atoms with van der Waals surface area (Å²) >= 11 is 0. The van der Waals surface area contributed by atoms with E-state index in [1.54, 1.807) is 6.20 Å². The normalized spacial score (nSPS) is 21.1. The summed E-state index contributed by atoms with van der Waals surface area (Å²) < 4.78 is 0. The lowest BCUT2D eigenvalue weighted by Crippen LogP contribution is -2.25. The quantitative estimate of drug-likeness (QED) is 0.893. The van der Waals surface area contributed by atoms with Gasteiger partial charge in [-0.25, -0.2) is 4.98 Å². The molecule has 0 amide bonds. The Balaban J connectivity index is 2.04. The number of anilines is 1. The summed E-state index contributed by atoms with van der Waals surface area (Å²) in [5.74, 6) is 2.64. The zero-order valence-electron chi connectivity index (χ0n) is 11.5. The molecule has 1 unspecified atom stereocenters. The minimum absolute atomic E-state index is 0.0952. The Morgan fingerprint density at radius 2 is 2.22 bits per heavy atom. The Hall–Kier alpha value is -1.09. The summed E-state index contributed by atoms with van der Waals surface area (Å²) in [7, 11) is 0. The highest BCUT2D eigenvalue weighted by atomic mass is 16.3.